The number of halogens is 4. The summed E-state index contributed by atoms with van der Waals surface area (Å²) in [7, 11) is 1.23. The maximum absolute atomic E-state index is 14.3. The van der Waals surface area contributed by atoms with Crippen LogP contribution in [0.15, 0.2) is 65.6 Å². The van der Waals surface area contributed by atoms with E-state index in [-0.39, 0.29) is 33.7 Å². The van der Waals surface area contributed by atoms with Crippen molar-refractivity contribution in [2.24, 2.45) is 5.92 Å². The number of esters is 1. The minimum atomic E-state index is -4.40. The molecule has 0 unspecified atom stereocenters. The SMILES string of the molecule is COC(=O)[C@H](c1ccccc1F)[C@H]1C=C[C@@H](NC(=O)c2ccc(SC(F)(F)F)cc2)C1. The fraction of sp³-hybridized carbons (Fsp3) is 0.273. The Kier molecular flexibility index (Phi) is 7.04. The number of methoxy groups -OCH3 is 1. The molecular weight excluding hydrogens is 434 g/mol. The number of nitrogens with one attached hydrogen (secondary N) is 1. The van der Waals surface area contributed by atoms with Crippen LogP contribution in [0.4, 0.5) is 17.6 Å². The number of rotatable bonds is 6. The fourth-order valence-corrected chi connectivity index (χ4v) is 4.07. The van der Waals surface area contributed by atoms with Gasteiger partial charge in [-0.15, -0.1) is 0 Å². The van der Waals surface area contributed by atoms with Gasteiger partial charge in [0, 0.05) is 22.1 Å². The average molecular weight is 453 g/mol. The molecule has 1 N–H and O–H groups in total. The maximum Gasteiger partial charge on any atom is 0.446 e. The van der Waals surface area contributed by atoms with Crippen molar-refractivity contribution in [3.63, 3.8) is 0 Å². The van der Waals surface area contributed by atoms with Gasteiger partial charge < -0.3 is 10.1 Å². The topological polar surface area (TPSA) is 55.4 Å². The molecule has 0 fully saturated rings. The van der Waals surface area contributed by atoms with Gasteiger partial charge in [-0.05, 0) is 54.4 Å². The summed E-state index contributed by atoms with van der Waals surface area (Å²) >= 11 is -0.256. The number of allylic oxidation sites excluding steroid dienone is 1. The van der Waals surface area contributed by atoms with Crippen LogP contribution >= 0.6 is 11.8 Å². The summed E-state index contributed by atoms with van der Waals surface area (Å²) in [5.41, 5.74) is -3.97. The molecule has 4 nitrogen and oxygen atoms in total. The quantitative estimate of drug-likeness (QED) is 0.287. The van der Waals surface area contributed by atoms with E-state index >= 15 is 0 Å². The van der Waals surface area contributed by atoms with Crippen molar-refractivity contribution in [2.75, 3.05) is 7.11 Å². The van der Waals surface area contributed by atoms with E-state index in [1.165, 1.54) is 49.6 Å². The van der Waals surface area contributed by atoms with E-state index < -0.39 is 35.2 Å². The molecule has 31 heavy (non-hydrogen) atoms. The van der Waals surface area contributed by atoms with Crippen molar-refractivity contribution >= 4 is 23.6 Å². The predicted octanol–water partition coefficient (Wildman–Crippen LogP) is 5.07. The van der Waals surface area contributed by atoms with Crippen molar-refractivity contribution in [1.82, 2.24) is 5.32 Å². The first-order valence-corrected chi connectivity index (χ1v) is 10.2. The Hall–Kier alpha value is -2.81. The summed E-state index contributed by atoms with van der Waals surface area (Å²) in [6.07, 6.45) is 3.80. The highest BCUT2D eigenvalue weighted by molar-refractivity contribution is 8.00. The average Bonchev–Trinajstić information content (AvgIpc) is 3.16. The zero-order valence-corrected chi connectivity index (χ0v) is 17.2. The Morgan fingerprint density at radius 2 is 1.77 bits per heavy atom. The lowest BCUT2D eigenvalue weighted by molar-refractivity contribution is -0.143. The molecule has 0 radical (unpaired) electrons. The molecular formula is C22H19F4NO3S. The van der Waals surface area contributed by atoms with E-state index in [4.69, 9.17) is 4.74 Å². The number of ether oxygens (including phenoxy) is 1. The molecule has 1 aliphatic carbocycles. The van der Waals surface area contributed by atoms with E-state index in [0.29, 0.717) is 6.42 Å². The van der Waals surface area contributed by atoms with Gasteiger partial charge in [0.15, 0.2) is 0 Å². The fourth-order valence-electron chi connectivity index (χ4n) is 3.53. The third kappa shape index (κ3) is 5.88. The second kappa shape index (κ2) is 9.55. The number of carbonyl (C=O) groups excluding carboxylic acids is 2. The van der Waals surface area contributed by atoms with E-state index in [1.54, 1.807) is 18.2 Å². The summed E-state index contributed by atoms with van der Waals surface area (Å²) in [5, 5.41) is 2.77. The minimum Gasteiger partial charge on any atom is -0.469 e. The van der Waals surface area contributed by atoms with Crippen LogP contribution in [0.3, 0.4) is 0 Å². The summed E-state index contributed by atoms with van der Waals surface area (Å²) < 4.78 is 56.4. The van der Waals surface area contributed by atoms with Crippen molar-refractivity contribution in [1.29, 1.82) is 0 Å². The molecule has 9 heteroatoms. The zero-order valence-electron chi connectivity index (χ0n) is 16.4. The molecule has 0 bridgehead atoms. The van der Waals surface area contributed by atoms with Crippen LogP contribution in [0.2, 0.25) is 0 Å². The van der Waals surface area contributed by atoms with Crippen LogP contribution in [0, 0.1) is 11.7 Å². The highest BCUT2D eigenvalue weighted by Crippen LogP contribution is 2.37. The number of benzene rings is 2. The number of amides is 1. The van der Waals surface area contributed by atoms with Crippen molar-refractivity contribution in [3.8, 4) is 0 Å². The molecule has 0 saturated heterocycles. The van der Waals surface area contributed by atoms with Gasteiger partial charge in [-0.3, -0.25) is 9.59 Å². The van der Waals surface area contributed by atoms with E-state index in [0.717, 1.165) is 0 Å². The Balaban J connectivity index is 1.66. The van der Waals surface area contributed by atoms with E-state index in [2.05, 4.69) is 5.32 Å². The summed E-state index contributed by atoms with van der Waals surface area (Å²) in [6, 6.07) is 10.6. The third-order valence-corrected chi connectivity index (χ3v) is 5.65. The standard InChI is InChI=1S/C22H19F4NO3S/c1-30-21(29)19(17-4-2-3-5-18(17)23)14-6-9-15(12-14)27-20(28)13-7-10-16(11-8-13)31-22(24,25)26/h2-11,14-15,19H,12H2,1H3,(H,27,28)/t14-,15+,19-/m0/s1. The molecule has 1 amide bonds. The normalized spacial score (nSPS) is 19.1. The Labute approximate surface area is 180 Å². The maximum atomic E-state index is 14.3. The number of thioether (sulfide) groups is 1. The molecule has 1 aliphatic rings. The van der Waals surface area contributed by atoms with Crippen LogP contribution in [0.5, 0.6) is 0 Å². The minimum absolute atomic E-state index is 0.0179. The van der Waals surface area contributed by atoms with Crippen LogP contribution in [-0.4, -0.2) is 30.5 Å². The monoisotopic (exact) mass is 453 g/mol. The number of hydrogen-bond donors (Lipinski definition) is 1. The molecule has 2 aromatic carbocycles. The largest absolute Gasteiger partial charge is 0.469 e. The molecule has 0 saturated carbocycles. The molecule has 0 aliphatic heterocycles. The molecule has 0 heterocycles. The highest BCUT2D eigenvalue weighted by Gasteiger charge is 2.35. The van der Waals surface area contributed by atoms with Gasteiger partial charge in [0.25, 0.3) is 5.91 Å². The first-order valence-electron chi connectivity index (χ1n) is 9.35. The lowest BCUT2D eigenvalue weighted by Crippen LogP contribution is -2.33. The first-order chi connectivity index (χ1) is 14.7. The Bertz CT molecular complexity index is 975. The van der Waals surface area contributed by atoms with Crippen LogP contribution in [0.1, 0.15) is 28.3 Å². The molecule has 2 aromatic rings. The third-order valence-electron chi connectivity index (χ3n) is 4.91. The molecule has 0 aromatic heterocycles. The van der Waals surface area contributed by atoms with Crippen LogP contribution < -0.4 is 5.32 Å². The number of alkyl halides is 3. The smallest absolute Gasteiger partial charge is 0.446 e. The Morgan fingerprint density at radius 1 is 1.10 bits per heavy atom. The van der Waals surface area contributed by atoms with Gasteiger partial charge in [0.1, 0.15) is 5.82 Å². The van der Waals surface area contributed by atoms with Gasteiger partial charge in [-0.2, -0.15) is 13.2 Å². The van der Waals surface area contributed by atoms with Gasteiger partial charge in [0.05, 0.1) is 13.0 Å². The van der Waals surface area contributed by atoms with E-state index in [1.807, 2.05) is 0 Å². The molecule has 164 valence electrons. The van der Waals surface area contributed by atoms with Crippen LogP contribution in [-0.2, 0) is 9.53 Å². The highest BCUT2D eigenvalue weighted by atomic mass is 32.2. The van der Waals surface area contributed by atoms with Gasteiger partial charge in [-0.1, -0.05) is 30.4 Å². The van der Waals surface area contributed by atoms with Crippen LogP contribution in [0.25, 0.3) is 0 Å². The summed E-state index contributed by atoms with van der Waals surface area (Å²) in [6.45, 7) is 0. The lowest BCUT2D eigenvalue weighted by atomic mass is 9.85. The second-order valence-corrected chi connectivity index (χ2v) is 8.10. The lowest BCUT2D eigenvalue weighted by Gasteiger charge is -2.22. The van der Waals surface area contributed by atoms with Crippen molar-refractivity contribution in [2.45, 2.75) is 28.8 Å². The van der Waals surface area contributed by atoms with Crippen molar-refractivity contribution in [3.05, 3.63) is 77.6 Å². The number of carbonyl (C=O) groups is 2. The number of hydrogen-bond acceptors (Lipinski definition) is 4. The molecule has 3 rings (SSSR count). The van der Waals surface area contributed by atoms with Gasteiger partial charge in [-0.25, -0.2) is 4.39 Å². The summed E-state index contributed by atoms with van der Waals surface area (Å²) in [5.74, 6) is -2.80. The zero-order chi connectivity index (χ0) is 22.6. The Morgan fingerprint density at radius 3 is 2.39 bits per heavy atom. The molecule has 0 spiro atoms. The van der Waals surface area contributed by atoms with Crippen molar-refractivity contribution < 1.29 is 31.9 Å². The first kappa shape index (κ1) is 22.9. The molecule has 3 atom stereocenters. The predicted molar refractivity (Wildman–Crippen MR) is 108 cm³/mol. The second-order valence-electron chi connectivity index (χ2n) is 6.96. The van der Waals surface area contributed by atoms with Gasteiger partial charge in [0.2, 0.25) is 0 Å². The van der Waals surface area contributed by atoms with E-state index in [9.17, 15) is 27.2 Å². The van der Waals surface area contributed by atoms with Gasteiger partial charge >= 0.3 is 11.5 Å². The summed E-state index contributed by atoms with van der Waals surface area (Å²) in [4.78, 5) is 24.8.